The van der Waals surface area contributed by atoms with Crippen molar-refractivity contribution in [3.8, 4) is 11.5 Å². The van der Waals surface area contributed by atoms with Crippen LogP contribution in [0.25, 0.3) is 10.2 Å². The molecule has 6 heteroatoms. The third-order valence-electron chi connectivity index (χ3n) is 6.00. The molecule has 0 atom stereocenters. The number of ether oxygens (including phenoxy) is 2. The normalized spacial score (nSPS) is 11.4. The molecule has 0 amide bonds. The van der Waals surface area contributed by atoms with Crippen LogP contribution in [0.5, 0.6) is 11.5 Å². The van der Waals surface area contributed by atoms with Crippen LogP contribution < -0.4 is 9.47 Å². The van der Waals surface area contributed by atoms with Crippen LogP contribution in [0.2, 0.25) is 0 Å². The number of aliphatic imine (C=N–C) groups is 1. The number of benzene rings is 2. The first-order chi connectivity index (χ1) is 17.2. The summed E-state index contributed by atoms with van der Waals surface area (Å²) in [5, 5.41) is 0.690. The second kappa shape index (κ2) is 15.3. The maximum atomic E-state index is 12.1. The summed E-state index contributed by atoms with van der Waals surface area (Å²) in [6.45, 7) is 2.26. The number of nitrogens with zero attached hydrogens (tertiary/aromatic N) is 2. The van der Waals surface area contributed by atoms with Gasteiger partial charge in [-0.1, -0.05) is 82.5 Å². The molecule has 0 spiro atoms. The molecule has 0 fully saturated rings. The van der Waals surface area contributed by atoms with E-state index in [-0.39, 0.29) is 5.97 Å². The predicted molar refractivity (Wildman–Crippen MR) is 147 cm³/mol. The topological polar surface area (TPSA) is 60.8 Å². The summed E-state index contributed by atoms with van der Waals surface area (Å²) in [4.78, 5) is 21.1. The zero-order chi connectivity index (χ0) is 24.7. The zero-order valence-electron chi connectivity index (χ0n) is 21.1. The first kappa shape index (κ1) is 26.9. The van der Waals surface area contributed by atoms with Crippen molar-refractivity contribution in [2.75, 3.05) is 7.11 Å². The molecule has 0 unspecified atom stereocenters. The van der Waals surface area contributed by atoms with Gasteiger partial charge < -0.3 is 9.47 Å². The van der Waals surface area contributed by atoms with Crippen molar-refractivity contribution in [2.24, 2.45) is 4.99 Å². The number of carbonyl (C=O) groups is 1. The number of methoxy groups -OCH3 is 1. The number of rotatable bonds is 16. The first-order valence-corrected chi connectivity index (χ1v) is 13.8. The van der Waals surface area contributed by atoms with Gasteiger partial charge in [0, 0.05) is 12.6 Å². The maximum absolute atomic E-state index is 12.1. The molecule has 0 N–H and O–H groups in total. The van der Waals surface area contributed by atoms with Crippen LogP contribution in [0.3, 0.4) is 0 Å². The Bertz CT molecular complexity index is 1060. The molecule has 0 saturated heterocycles. The second-order valence-electron chi connectivity index (χ2n) is 8.92. The number of aromatic nitrogens is 1. The quantitative estimate of drug-likeness (QED) is 0.0865. The average molecular weight is 495 g/mol. The van der Waals surface area contributed by atoms with E-state index in [1.807, 2.05) is 42.5 Å². The van der Waals surface area contributed by atoms with E-state index in [4.69, 9.17) is 9.47 Å². The van der Waals surface area contributed by atoms with Crippen LogP contribution in [0.15, 0.2) is 47.5 Å². The zero-order valence-corrected chi connectivity index (χ0v) is 21.9. The number of esters is 1. The summed E-state index contributed by atoms with van der Waals surface area (Å²) in [5.74, 6) is 1.22. The molecule has 2 aromatic carbocycles. The summed E-state index contributed by atoms with van der Waals surface area (Å²) in [6.07, 6.45) is 16.2. The summed E-state index contributed by atoms with van der Waals surface area (Å²) in [5.41, 5.74) is 1.83. The first-order valence-electron chi connectivity index (χ1n) is 13.0. The predicted octanol–water partition coefficient (Wildman–Crippen LogP) is 8.66. The highest BCUT2D eigenvalue weighted by Crippen LogP contribution is 2.30. The van der Waals surface area contributed by atoms with Crippen molar-refractivity contribution in [3.05, 3.63) is 48.0 Å². The van der Waals surface area contributed by atoms with Gasteiger partial charge in [0.15, 0.2) is 0 Å². The fraction of sp³-hybridized carbons (Fsp3) is 0.483. The average Bonchev–Trinajstić information content (AvgIpc) is 3.29. The van der Waals surface area contributed by atoms with Gasteiger partial charge in [-0.15, -0.1) is 0 Å². The van der Waals surface area contributed by atoms with E-state index in [1.54, 1.807) is 13.3 Å². The van der Waals surface area contributed by atoms with Crippen molar-refractivity contribution >= 4 is 38.9 Å². The fourth-order valence-corrected chi connectivity index (χ4v) is 4.78. The maximum Gasteiger partial charge on any atom is 0.311 e. The Kier molecular flexibility index (Phi) is 11.7. The standard InChI is InChI=1S/C29H38N2O3S/c1-3-4-5-6-7-8-9-10-11-12-13-14-28(32)34-24-17-15-23(16-18-24)22-30-29-31-26-20-19-25(33-2)21-27(26)35-29/h15-22H,3-14H2,1-2H3/b30-22+. The highest BCUT2D eigenvalue weighted by molar-refractivity contribution is 7.22. The van der Waals surface area contributed by atoms with Gasteiger partial charge >= 0.3 is 5.97 Å². The Morgan fingerprint density at radius 1 is 0.886 bits per heavy atom. The largest absolute Gasteiger partial charge is 0.497 e. The van der Waals surface area contributed by atoms with Gasteiger partial charge in [-0.2, -0.15) is 0 Å². The highest BCUT2D eigenvalue weighted by atomic mass is 32.1. The van der Waals surface area contributed by atoms with Gasteiger partial charge in [0.25, 0.3) is 0 Å². The molecule has 0 aliphatic carbocycles. The fourth-order valence-electron chi connectivity index (χ4n) is 3.94. The van der Waals surface area contributed by atoms with Crippen molar-refractivity contribution in [1.82, 2.24) is 4.98 Å². The van der Waals surface area contributed by atoms with E-state index in [9.17, 15) is 4.79 Å². The number of hydrogen-bond donors (Lipinski definition) is 0. The molecular weight excluding hydrogens is 456 g/mol. The Morgan fingerprint density at radius 2 is 1.51 bits per heavy atom. The smallest absolute Gasteiger partial charge is 0.311 e. The lowest BCUT2D eigenvalue weighted by Crippen LogP contribution is -2.07. The molecule has 1 aromatic heterocycles. The molecule has 0 saturated carbocycles. The summed E-state index contributed by atoms with van der Waals surface area (Å²) in [7, 11) is 1.65. The molecule has 0 aliphatic heterocycles. The molecule has 188 valence electrons. The molecule has 35 heavy (non-hydrogen) atoms. The molecule has 5 nitrogen and oxygen atoms in total. The van der Waals surface area contributed by atoms with Crippen molar-refractivity contribution < 1.29 is 14.3 Å². The van der Waals surface area contributed by atoms with Gasteiger partial charge in [-0.25, -0.2) is 9.98 Å². The molecule has 0 bridgehead atoms. The van der Waals surface area contributed by atoms with Crippen molar-refractivity contribution in [3.63, 3.8) is 0 Å². The van der Waals surface area contributed by atoms with Gasteiger partial charge in [-0.3, -0.25) is 4.79 Å². The van der Waals surface area contributed by atoms with E-state index in [0.29, 0.717) is 17.3 Å². The minimum atomic E-state index is -0.160. The molecule has 0 aliphatic rings. The molecule has 1 heterocycles. The van der Waals surface area contributed by atoms with Crippen molar-refractivity contribution in [2.45, 2.75) is 84.0 Å². The number of carbonyl (C=O) groups excluding carboxylic acids is 1. The lowest BCUT2D eigenvalue weighted by Gasteiger charge is -2.05. The summed E-state index contributed by atoms with van der Waals surface area (Å²) >= 11 is 1.52. The third kappa shape index (κ3) is 9.81. The van der Waals surface area contributed by atoms with Gasteiger partial charge in [0.1, 0.15) is 11.5 Å². The third-order valence-corrected chi connectivity index (χ3v) is 6.93. The number of hydrogen-bond acceptors (Lipinski definition) is 6. The van der Waals surface area contributed by atoms with Gasteiger partial charge in [0.05, 0.1) is 17.3 Å². The lowest BCUT2D eigenvalue weighted by molar-refractivity contribution is -0.134. The molecule has 3 aromatic rings. The Morgan fingerprint density at radius 3 is 2.17 bits per heavy atom. The molecule has 3 rings (SSSR count). The SMILES string of the molecule is CCCCCCCCCCCCCC(=O)Oc1ccc(/C=N/c2nc3ccc(OC)cc3s2)cc1. The Labute approximate surface area is 213 Å². The lowest BCUT2D eigenvalue weighted by atomic mass is 10.1. The van der Waals surface area contributed by atoms with E-state index in [0.717, 1.165) is 34.4 Å². The number of fused-ring (bicyclic) bond motifs is 1. The Balaban J connectivity index is 1.31. The molecule has 0 radical (unpaired) electrons. The summed E-state index contributed by atoms with van der Waals surface area (Å²) in [6, 6.07) is 13.2. The van der Waals surface area contributed by atoms with Gasteiger partial charge in [-0.05, 0) is 54.4 Å². The van der Waals surface area contributed by atoms with Crippen LogP contribution in [0, 0.1) is 0 Å². The van der Waals surface area contributed by atoms with E-state index in [2.05, 4.69) is 16.9 Å². The second-order valence-corrected chi connectivity index (χ2v) is 9.93. The number of thiazole rings is 1. The number of unbranched alkanes of at least 4 members (excludes halogenated alkanes) is 10. The minimum Gasteiger partial charge on any atom is -0.497 e. The van der Waals surface area contributed by atoms with Crippen molar-refractivity contribution in [1.29, 1.82) is 0 Å². The molecular formula is C29H38N2O3S. The van der Waals surface area contributed by atoms with Crippen LogP contribution in [0.1, 0.15) is 89.5 Å². The van der Waals surface area contributed by atoms with E-state index in [1.165, 1.54) is 69.1 Å². The summed E-state index contributed by atoms with van der Waals surface area (Å²) < 4.78 is 11.8. The van der Waals surface area contributed by atoms with Crippen LogP contribution in [0.4, 0.5) is 5.13 Å². The Hall–Kier alpha value is -2.73. The van der Waals surface area contributed by atoms with Crippen LogP contribution in [-0.2, 0) is 4.79 Å². The van der Waals surface area contributed by atoms with Crippen LogP contribution >= 0.6 is 11.3 Å². The minimum absolute atomic E-state index is 0.160. The van der Waals surface area contributed by atoms with E-state index < -0.39 is 0 Å². The highest BCUT2D eigenvalue weighted by Gasteiger charge is 2.06. The van der Waals surface area contributed by atoms with E-state index >= 15 is 0 Å². The van der Waals surface area contributed by atoms with Crippen LogP contribution in [-0.4, -0.2) is 24.3 Å². The monoisotopic (exact) mass is 494 g/mol. The van der Waals surface area contributed by atoms with Gasteiger partial charge in [0.2, 0.25) is 5.13 Å².